The average Bonchev–Trinajstić information content (AvgIpc) is 3.04. The highest BCUT2D eigenvalue weighted by atomic mass is 32.1. The van der Waals surface area contributed by atoms with Gasteiger partial charge in [0.2, 0.25) is 0 Å². The molecule has 0 saturated carbocycles. The van der Waals surface area contributed by atoms with E-state index in [1.807, 2.05) is 30.3 Å². The molecule has 7 nitrogen and oxygen atoms in total. The summed E-state index contributed by atoms with van der Waals surface area (Å²) in [5.41, 5.74) is 5.23. The Morgan fingerprint density at radius 1 is 1.13 bits per heavy atom. The monoisotopic (exact) mass is 325 g/mol. The number of para-hydroxylation sites is 1. The topological polar surface area (TPSA) is 93.3 Å². The number of aromatic nitrogens is 2. The van der Waals surface area contributed by atoms with Crippen molar-refractivity contribution in [2.24, 2.45) is 5.10 Å². The number of benzene rings is 2. The van der Waals surface area contributed by atoms with Crippen LogP contribution in [0.3, 0.4) is 0 Å². The minimum atomic E-state index is -0.435. The quantitative estimate of drug-likeness (QED) is 0.440. The Kier molecular flexibility index (Phi) is 4.34. The third-order valence-corrected chi connectivity index (χ3v) is 3.67. The van der Waals surface area contributed by atoms with Crippen LogP contribution in [-0.4, -0.2) is 20.7 Å². The van der Waals surface area contributed by atoms with Gasteiger partial charge in [-0.3, -0.25) is 15.5 Å². The average molecular weight is 325 g/mol. The lowest BCUT2D eigenvalue weighted by Crippen LogP contribution is -1.91. The zero-order valence-electron chi connectivity index (χ0n) is 11.8. The van der Waals surface area contributed by atoms with E-state index in [-0.39, 0.29) is 5.69 Å². The smallest absolute Gasteiger partial charge is 0.269 e. The van der Waals surface area contributed by atoms with Crippen LogP contribution >= 0.6 is 11.5 Å². The number of hydrazone groups is 1. The summed E-state index contributed by atoms with van der Waals surface area (Å²) in [4.78, 5) is 11.0. The summed E-state index contributed by atoms with van der Waals surface area (Å²) in [5.74, 6) is 0. The van der Waals surface area contributed by atoms with Crippen molar-refractivity contribution in [1.82, 2.24) is 9.59 Å². The second-order valence-corrected chi connectivity index (χ2v) is 5.31. The number of nitrogens with one attached hydrogen (secondary N) is 1. The van der Waals surface area contributed by atoms with E-state index >= 15 is 0 Å². The van der Waals surface area contributed by atoms with Crippen LogP contribution < -0.4 is 5.43 Å². The normalized spacial score (nSPS) is 10.8. The molecule has 8 heteroatoms. The van der Waals surface area contributed by atoms with E-state index in [1.165, 1.54) is 23.7 Å². The maximum atomic E-state index is 10.7. The first kappa shape index (κ1) is 14.8. The summed E-state index contributed by atoms with van der Waals surface area (Å²) in [6, 6.07) is 15.7. The van der Waals surface area contributed by atoms with Gasteiger partial charge in [-0.05, 0) is 35.8 Å². The van der Waals surface area contributed by atoms with Gasteiger partial charge in [-0.15, -0.1) is 5.10 Å². The molecular weight excluding hydrogens is 314 g/mol. The lowest BCUT2D eigenvalue weighted by molar-refractivity contribution is -0.384. The third kappa shape index (κ3) is 3.55. The van der Waals surface area contributed by atoms with Gasteiger partial charge in [0.1, 0.15) is 5.69 Å². The molecule has 1 N–H and O–H groups in total. The van der Waals surface area contributed by atoms with E-state index < -0.39 is 4.92 Å². The number of nitrogens with zero attached hydrogens (tertiary/aromatic N) is 4. The highest BCUT2D eigenvalue weighted by Crippen LogP contribution is 2.24. The molecule has 3 aromatic rings. The van der Waals surface area contributed by atoms with Crippen molar-refractivity contribution < 1.29 is 4.92 Å². The molecule has 23 heavy (non-hydrogen) atoms. The predicted octanol–water partition coefficient (Wildman–Crippen LogP) is 3.56. The van der Waals surface area contributed by atoms with Gasteiger partial charge in [0, 0.05) is 17.7 Å². The summed E-state index contributed by atoms with van der Waals surface area (Å²) in [5, 5.41) is 18.9. The standard InChI is InChI=1S/C15H11N5O2S/c21-20(22)13-8-6-11(7-9-13)15-14(23-19-18-15)10-16-17-12-4-2-1-3-5-12/h1-10,17H/b16-10+. The first-order chi connectivity index (χ1) is 11.2. The number of hydrogen-bond acceptors (Lipinski definition) is 7. The molecule has 0 bridgehead atoms. The Balaban J connectivity index is 1.78. The molecule has 0 spiro atoms. The van der Waals surface area contributed by atoms with Crippen LogP contribution in [0.2, 0.25) is 0 Å². The van der Waals surface area contributed by atoms with Crippen molar-refractivity contribution in [1.29, 1.82) is 0 Å². The van der Waals surface area contributed by atoms with Crippen molar-refractivity contribution in [3.8, 4) is 11.3 Å². The fourth-order valence-corrected chi connectivity index (χ4v) is 2.46. The summed E-state index contributed by atoms with van der Waals surface area (Å²) in [6.07, 6.45) is 1.63. The fourth-order valence-electron chi connectivity index (χ4n) is 1.90. The maximum absolute atomic E-state index is 10.7. The van der Waals surface area contributed by atoms with Crippen LogP contribution in [0.15, 0.2) is 59.7 Å². The van der Waals surface area contributed by atoms with E-state index in [4.69, 9.17) is 0 Å². The van der Waals surface area contributed by atoms with E-state index in [1.54, 1.807) is 18.3 Å². The third-order valence-electron chi connectivity index (χ3n) is 3.01. The Morgan fingerprint density at radius 2 is 1.87 bits per heavy atom. The van der Waals surface area contributed by atoms with Crippen LogP contribution in [0.5, 0.6) is 0 Å². The summed E-state index contributed by atoms with van der Waals surface area (Å²) in [7, 11) is 0. The van der Waals surface area contributed by atoms with E-state index in [9.17, 15) is 10.1 Å². The van der Waals surface area contributed by atoms with Crippen LogP contribution in [-0.2, 0) is 0 Å². The molecule has 0 aliphatic carbocycles. The molecule has 0 fully saturated rings. The minimum absolute atomic E-state index is 0.0397. The maximum Gasteiger partial charge on any atom is 0.269 e. The van der Waals surface area contributed by atoms with Gasteiger partial charge in [0.05, 0.1) is 21.7 Å². The number of hydrogen-bond donors (Lipinski definition) is 1. The Bertz CT molecular complexity index is 831. The second-order valence-electron chi connectivity index (χ2n) is 4.53. The van der Waals surface area contributed by atoms with Crippen LogP contribution in [0, 0.1) is 10.1 Å². The molecule has 0 radical (unpaired) electrons. The molecule has 3 rings (SSSR count). The van der Waals surface area contributed by atoms with Crippen LogP contribution in [0.25, 0.3) is 11.3 Å². The number of non-ortho nitro benzene ring substituents is 1. The SMILES string of the molecule is O=[N+]([O-])c1ccc(-c2nnsc2/C=N/Nc2ccccc2)cc1. The van der Waals surface area contributed by atoms with Gasteiger partial charge < -0.3 is 0 Å². The highest BCUT2D eigenvalue weighted by Gasteiger charge is 2.11. The predicted molar refractivity (Wildman–Crippen MR) is 89.7 cm³/mol. The zero-order chi connectivity index (χ0) is 16.1. The summed E-state index contributed by atoms with van der Waals surface area (Å²) in [6.45, 7) is 0. The number of anilines is 1. The molecule has 0 aliphatic heterocycles. The van der Waals surface area contributed by atoms with Gasteiger partial charge in [-0.25, -0.2) is 0 Å². The molecule has 0 atom stereocenters. The Morgan fingerprint density at radius 3 is 2.57 bits per heavy atom. The van der Waals surface area contributed by atoms with E-state index in [0.717, 1.165) is 16.1 Å². The van der Waals surface area contributed by atoms with Gasteiger partial charge in [0.15, 0.2) is 0 Å². The van der Waals surface area contributed by atoms with Crippen LogP contribution in [0.1, 0.15) is 4.88 Å². The van der Waals surface area contributed by atoms with Crippen molar-refractivity contribution >= 4 is 29.1 Å². The molecule has 0 aliphatic rings. The van der Waals surface area contributed by atoms with E-state index in [0.29, 0.717) is 5.69 Å². The van der Waals surface area contributed by atoms with Gasteiger partial charge >= 0.3 is 0 Å². The van der Waals surface area contributed by atoms with Crippen molar-refractivity contribution in [2.45, 2.75) is 0 Å². The molecular formula is C15H11N5O2S. The van der Waals surface area contributed by atoms with Crippen LogP contribution in [0.4, 0.5) is 11.4 Å². The molecule has 1 heterocycles. The van der Waals surface area contributed by atoms with Crippen molar-refractivity contribution in [3.05, 3.63) is 69.6 Å². The molecule has 114 valence electrons. The van der Waals surface area contributed by atoms with Gasteiger partial charge in [0.25, 0.3) is 5.69 Å². The second kappa shape index (κ2) is 6.75. The highest BCUT2D eigenvalue weighted by molar-refractivity contribution is 7.08. The Labute approximate surface area is 135 Å². The molecule has 1 aromatic heterocycles. The fraction of sp³-hybridized carbons (Fsp3) is 0. The molecule has 2 aromatic carbocycles. The van der Waals surface area contributed by atoms with Gasteiger partial charge in [-0.1, -0.05) is 22.7 Å². The lowest BCUT2D eigenvalue weighted by atomic mass is 10.1. The number of nitro benzene ring substituents is 1. The summed E-state index contributed by atoms with van der Waals surface area (Å²) < 4.78 is 3.92. The molecule has 0 saturated heterocycles. The van der Waals surface area contributed by atoms with E-state index in [2.05, 4.69) is 20.1 Å². The number of nitro groups is 1. The molecule has 0 amide bonds. The largest absolute Gasteiger partial charge is 0.278 e. The first-order valence-electron chi connectivity index (χ1n) is 6.65. The van der Waals surface area contributed by atoms with Crippen molar-refractivity contribution in [3.63, 3.8) is 0 Å². The first-order valence-corrected chi connectivity index (χ1v) is 7.42. The number of rotatable bonds is 5. The molecule has 0 unspecified atom stereocenters. The van der Waals surface area contributed by atoms with Gasteiger partial charge in [-0.2, -0.15) is 5.10 Å². The zero-order valence-corrected chi connectivity index (χ0v) is 12.6. The summed E-state index contributed by atoms with van der Waals surface area (Å²) >= 11 is 1.21. The van der Waals surface area contributed by atoms with Crippen molar-refractivity contribution in [2.75, 3.05) is 5.43 Å². The minimum Gasteiger partial charge on any atom is -0.278 e. The Hall–Kier alpha value is -3.13. The lowest BCUT2D eigenvalue weighted by Gasteiger charge is -1.99.